The average molecular weight is 86.1 g/mol. The minimum absolute atomic E-state index is 0.688. The molecular weight excluding hydrogens is 76.1 g/mol. The summed E-state index contributed by atoms with van der Waals surface area (Å²) in [5.74, 6) is 0. The van der Waals surface area contributed by atoms with Gasteiger partial charge in [-0.3, -0.25) is 0 Å². The third-order valence-corrected chi connectivity index (χ3v) is 0.469. The minimum atomic E-state index is 0.688. The highest BCUT2D eigenvalue weighted by molar-refractivity contribution is 4.74. The topological polar surface area (TPSA) is 52.0 Å². The Morgan fingerprint density at radius 2 is 2.17 bits per heavy atom. The molecule has 0 aliphatic carbocycles. The van der Waals surface area contributed by atoms with Gasteiger partial charge in [-0.25, -0.2) is 0 Å². The van der Waals surface area contributed by atoms with E-state index >= 15 is 0 Å². The van der Waals surface area contributed by atoms with Crippen molar-refractivity contribution in [3.05, 3.63) is 12.3 Å². The number of rotatable bonds is 2. The van der Waals surface area contributed by atoms with Gasteiger partial charge in [0.25, 0.3) is 0 Å². The van der Waals surface area contributed by atoms with Gasteiger partial charge >= 0.3 is 0 Å². The Labute approximate surface area is 37.8 Å². The molecule has 0 radical (unpaired) electrons. The summed E-state index contributed by atoms with van der Waals surface area (Å²) in [5, 5.41) is 0. The summed E-state index contributed by atoms with van der Waals surface area (Å²) in [4.78, 5) is 0. The molecule has 0 spiro atoms. The lowest BCUT2D eigenvalue weighted by molar-refractivity contribution is 1.00. The van der Waals surface area contributed by atoms with E-state index in [2.05, 4.69) is 0 Å². The lowest BCUT2D eigenvalue weighted by Crippen LogP contribution is -1.95. The van der Waals surface area contributed by atoms with Gasteiger partial charge in [0.2, 0.25) is 0 Å². The van der Waals surface area contributed by atoms with Crippen LogP contribution in [0.15, 0.2) is 12.3 Å². The van der Waals surface area contributed by atoms with Crippen LogP contribution in [0.3, 0.4) is 0 Å². The third kappa shape index (κ3) is 3.50. The molecule has 0 fully saturated rings. The summed E-state index contributed by atoms with van der Waals surface area (Å²) in [7, 11) is 0. The number of nitrogens with two attached hydrogens (primary N) is 2. The van der Waals surface area contributed by atoms with E-state index in [1.165, 1.54) is 6.20 Å². The Morgan fingerprint density at radius 3 is 2.33 bits per heavy atom. The molecule has 0 atom stereocenters. The first-order valence-electron chi connectivity index (χ1n) is 1.98. The molecule has 0 saturated carbocycles. The molecule has 0 saturated heterocycles. The monoisotopic (exact) mass is 86.1 g/mol. The molecular formula is C4H10N2. The van der Waals surface area contributed by atoms with Gasteiger partial charge in [0.1, 0.15) is 0 Å². The zero-order valence-corrected chi connectivity index (χ0v) is 3.72. The maximum Gasteiger partial charge on any atom is -0.00420 e. The van der Waals surface area contributed by atoms with Gasteiger partial charge in [-0.2, -0.15) is 0 Å². The molecule has 0 unspecified atom stereocenters. The lowest BCUT2D eigenvalue weighted by Gasteiger charge is -1.77. The van der Waals surface area contributed by atoms with E-state index in [-0.39, 0.29) is 0 Å². The van der Waals surface area contributed by atoms with Crippen molar-refractivity contribution in [3.63, 3.8) is 0 Å². The summed E-state index contributed by atoms with van der Waals surface area (Å²) in [6.45, 7) is 0.688. The van der Waals surface area contributed by atoms with Gasteiger partial charge in [-0.1, -0.05) is 6.08 Å². The zero-order chi connectivity index (χ0) is 4.83. The summed E-state index contributed by atoms with van der Waals surface area (Å²) < 4.78 is 0. The van der Waals surface area contributed by atoms with Crippen LogP contribution in [0.1, 0.15) is 6.42 Å². The molecule has 0 aromatic carbocycles. The Hall–Kier alpha value is -0.500. The normalized spacial score (nSPS) is 10.2. The van der Waals surface area contributed by atoms with Crippen LogP contribution in [0, 0.1) is 0 Å². The Morgan fingerprint density at radius 1 is 1.50 bits per heavy atom. The van der Waals surface area contributed by atoms with E-state index in [1.54, 1.807) is 0 Å². The first-order chi connectivity index (χ1) is 2.91. The van der Waals surface area contributed by atoms with Gasteiger partial charge in [-0.15, -0.1) is 0 Å². The molecule has 6 heavy (non-hydrogen) atoms. The highest BCUT2D eigenvalue weighted by atomic mass is 14.5. The van der Waals surface area contributed by atoms with Crippen molar-refractivity contribution in [2.24, 2.45) is 11.5 Å². The van der Waals surface area contributed by atoms with Crippen molar-refractivity contribution in [2.45, 2.75) is 6.42 Å². The predicted octanol–water partition coefficient (Wildman–Crippen LogP) is -0.192. The molecule has 0 aliphatic heterocycles. The first-order valence-corrected chi connectivity index (χ1v) is 1.98. The zero-order valence-electron chi connectivity index (χ0n) is 3.72. The van der Waals surface area contributed by atoms with Crippen LogP contribution in [0.2, 0.25) is 0 Å². The van der Waals surface area contributed by atoms with E-state index in [4.69, 9.17) is 11.5 Å². The van der Waals surface area contributed by atoms with E-state index in [0.29, 0.717) is 6.54 Å². The summed E-state index contributed by atoms with van der Waals surface area (Å²) in [6.07, 6.45) is 4.23. The quantitative estimate of drug-likeness (QED) is 0.489. The van der Waals surface area contributed by atoms with Crippen molar-refractivity contribution in [2.75, 3.05) is 6.54 Å². The van der Waals surface area contributed by atoms with Gasteiger partial charge in [0.15, 0.2) is 0 Å². The molecule has 0 rings (SSSR count). The van der Waals surface area contributed by atoms with Gasteiger partial charge in [0, 0.05) is 0 Å². The summed E-state index contributed by atoms with van der Waals surface area (Å²) in [6, 6.07) is 0. The maximum absolute atomic E-state index is 5.11. The summed E-state index contributed by atoms with van der Waals surface area (Å²) >= 11 is 0. The Bertz CT molecular complexity index is 40.8. The molecule has 0 heterocycles. The van der Waals surface area contributed by atoms with Crippen molar-refractivity contribution in [3.8, 4) is 0 Å². The molecule has 0 bridgehead atoms. The fourth-order valence-electron chi connectivity index (χ4n) is 0.192. The second-order valence-electron chi connectivity index (χ2n) is 1.01. The number of hydrogen-bond acceptors (Lipinski definition) is 2. The fraction of sp³-hybridized carbons (Fsp3) is 0.500. The highest BCUT2D eigenvalue weighted by Crippen LogP contribution is 1.70. The molecule has 2 heteroatoms. The van der Waals surface area contributed by atoms with E-state index < -0.39 is 0 Å². The van der Waals surface area contributed by atoms with Gasteiger partial charge in [-0.05, 0) is 19.2 Å². The van der Waals surface area contributed by atoms with Crippen LogP contribution in [-0.4, -0.2) is 6.54 Å². The smallest absolute Gasteiger partial charge is 0.00420 e. The van der Waals surface area contributed by atoms with Crippen molar-refractivity contribution < 1.29 is 0 Å². The fourth-order valence-corrected chi connectivity index (χ4v) is 0.192. The molecule has 36 valence electrons. The third-order valence-electron chi connectivity index (χ3n) is 0.469. The SMILES string of the molecule is N/C=C/CCN. The predicted molar refractivity (Wildman–Crippen MR) is 27.0 cm³/mol. The van der Waals surface area contributed by atoms with E-state index in [1.807, 2.05) is 6.08 Å². The molecule has 0 aromatic heterocycles. The first kappa shape index (κ1) is 5.50. The van der Waals surface area contributed by atoms with Gasteiger partial charge < -0.3 is 11.5 Å². The van der Waals surface area contributed by atoms with E-state index in [9.17, 15) is 0 Å². The largest absolute Gasteiger partial charge is 0.405 e. The van der Waals surface area contributed by atoms with Crippen molar-refractivity contribution in [1.82, 2.24) is 0 Å². The Kier molecular flexibility index (Phi) is 4.12. The van der Waals surface area contributed by atoms with Crippen molar-refractivity contribution in [1.29, 1.82) is 0 Å². The van der Waals surface area contributed by atoms with Crippen LogP contribution < -0.4 is 11.5 Å². The minimum Gasteiger partial charge on any atom is -0.405 e. The maximum atomic E-state index is 5.11. The van der Waals surface area contributed by atoms with Crippen LogP contribution in [-0.2, 0) is 0 Å². The van der Waals surface area contributed by atoms with Crippen LogP contribution in [0.25, 0.3) is 0 Å². The molecule has 2 nitrogen and oxygen atoms in total. The molecule has 0 amide bonds. The Balaban J connectivity index is 2.66. The lowest BCUT2D eigenvalue weighted by atomic mass is 10.4. The highest BCUT2D eigenvalue weighted by Gasteiger charge is 1.64. The summed E-state index contributed by atoms with van der Waals surface area (Å²) in [5.41, 5.74) is 10.1. The number of hydrogen-bond donors (Lipinski definition) is 2. The van der Waals surface area contributed by atoms with E-state index in [0.717, 1.165) is 6.42 Å². The second-order valence-corrected chi connectivity index (χ2v) is 1.01. The molecule has 4 N–H and O–H groups in total. The van der Waals surface area contributed by atoms with Crippen LogP contribution in [0.5, 0.6) is 0 Å². The molecule has 0 aromatic rings. The van der Waals surface area contributed by atoms with Gasteiger partial charge in [0.05, 0.1) is 0 Å². The second kappa shape index (κ2) is 4.50. The van der Waals surface area contributed by atoms with Crippen LogP contribution in [0.4, 0.5) is 0 Å². The standard InChI is InChI=1S/C4H10N2/c5-3-1-2-4-6/h1,3H,2,4-6H2/b3-1+. The molecule has 0 aliphatic rings. The average Bonchev–Trinajstić information content (AvgIpc) is 1.61. The van der Waals surface area contributed by atoms with Crippen molar-refractivity contribution >= 4 is 0 Å². The van der Waals surface area contributed by atoms with Crippen LogP contribution >= 0.6 is 0 Å².